The third-order valence-corrected chi connectivity index (χ3v) is 5.01. The van der Waals surface area contributed by atoms with Gasteiger partial charge in [-0.2, -0.15) is 0 Å². The van der Waals surface area contributed by atoms with E-state index in [1.807, 2.05) is 6.07 Å². The molecule has 1 heterocycles. The second kappa shape index (κ2) is 9.52. The first kappa shape index (κ1) is 18.6. The van der Waals surface area contributed by atoms with Crippen LogP contribution in [0.1, 0.15) is 17.0 Å². The monoisotopic (exact) mass is 369 g/mol. The zero-order valence-electron chi connectivity index (χ0n) is 15.0. The summed E-state index contributed by atoms with van der Waals surface area (Å²) < 4.78 is 2.16. The number of thioether (sulfide) groups is 1. The van der Waals surface area contributed by atoms with Gasteiger partial charge >= 0.3 is 0 Å². The van der Waals surface area contributed by atoms with Gasteiger partial charge in [0, 0.05) is 12.1 Å². The Bertz CT molecular complexity index is 820. The second-order valence-corrected chi connectivity index (χ2v) is 7.24. The fourth-order valence-electron chi connectivity index (χ4n) is 2.78. The molecule has 0 aliphatic heterocycles. The minimum absolute atomic E-state index is 0.214. The van der Waals surface area contributed by atoms with E-state index in [4.69, 9.17) is 5.11 Å². The van der Waals surface area contributed by atoms with Crippen molar-refractivity contribution in [3.63, 3.8) is 0 Å². The normalized spacial score (nSPS) is 11.0. The van der Waals surface area contributed by atoms with Gasteiger partial charge in [0.1, 0.15) is 5.82 Å². The van der Waals surface area contributed by atoms with Gasteiger partial charge in [-0.3, -0.25) is 4.57 Å². The lowest BCUT2D eigenvalue weighted by Crippen LogP contribution is -2.85. The molecule has 0 aliphatic rings. The molecule has 0 saturated heterocycles. The summed E-state index contributed by atoms with van der Waals surface area (Å²) in [5.74, 6) is 1.87. The molecule has 26 heavy (non-hydrogen) atoms. The standard InChI is InChI=1S/C20H24N4OS/c1-16-6-5-9-18(14-16)24-19(15-17-7-3-2-4-8-17)22-23-20(24)26-13-11-21-10-12-25/h2-9,14,21,25H,10-13,15H2,1H3/p+1. The predicted octanol–water partition coefficient (Wildman–Crippen LogP) is 1.81. The van der Waals surface area contributed by atoms with Gasteiger partial charge < -0.3 is 10.4 Å². The Labute approximate surface area is 158 Å². The molecule has 0 saturated carbocycles. The summed E-state index contributed by atoms with van der Waals surface area (Å²) in [5.41, 5.74) is 3.54. The number of aliphatic hydroxyl groups is 1. The lowest BCUT2D eigenvalue weighted by Gasteiger charge is -2.11. The number of aromatic nitrogens is 3. The highest BCUT2D eigenvalue weighted by atomic mass is 32.2. The van der Waals surface area contributed by atoms with E-state index in [0.717, 1.165) is 41.9 Å². The first-order valence-corrected chi connectivity index (χ1v) is 9.87. The maximum atomic E-state index is 8.88. The molecule has 136 valence electrons. The lowest BCUT2D eigenvalue weighted by molar-refractivity contribution is -0.651. The van der Waals surface area contributed by atoms with E-state index in [2.05, 4.69) is 75.5 Å². The number of benzene rings is 2. The highest BCUT2D eigenvalue weighted by molar-refractivity contribution is 7.99. The molecule has 0 unspecified atom stereocenters. The van der Waals surface area contributed by atoms with Crippen molar-refractivity contribution in [3.8, 4) is 5.69 Å². The van der Waals surface area contributed by atoms with Crippen LogP contribution < -0.4 is 5.32 Å². The van der Waals surface area contributed by atoms with E-state index in [-0.39, 0.29) is 6.61 Å². The van der Waals surface area contributed by atoms with Crippen molar-refractivity contribution < 1.29 is 10.4 Å². The zero-order chi connectivity index (χ0) is 18.2. The van der Waals surface area contributed by atoms with Gasteiger partial charge in [-0.15, -0.1) is 10.2 Å². The quantitative estimate of drug-likeness (QED) is 0.446. The molecular weight excluding hydrogens is 344 g/mol. The van der Waals surface area contributed by atoms with Crippen LogP contribution in [0.4, 0.5) is 0 Å². The SMILES string of the molecule is Cc1cccc(-n2c(Cc3ccccc3)nnc2SCC[NH2+]CCO)c1. The maximum absolute atomic E-state index is 8.88. The predicted molar refractivity (Wildman–Crippen MR) is 105 cm³/mol. The molecule has 2 aromatic carbocycles. The average molecular weight is 370 g/mol. The topological polar surface area (TPSA) is 67.5 Å². The number of aliphatic hydroxyl groups excluding tert-OH is 1. The summed E-state index contributed by atoms with van der Waals surface area (Å²) in [6.07, 6.45) is 0.749. The summed E-state index contributed by atoms with van der Waals surface area (Å²) in [7, 11) is 0. The molecule has 1 aromatic heterocycles. The number of hydrogen-bond acceptors (Lipinski definition) is 4. The van der Waals surface area contributed by atoms with Crippen LogP contribution in [0.2, 0.25) is 0 Å². The van der Waals surface area contributed by atoms with Crippen molar-refractivity contribution in [2.75, 3.05) is 25.4 Å². The van der Waals surface area contributed by atoms with Gasteiger partial charge in [-0.25, -0.2) is 0 Å². The first-order valence-electron chi connectivity index (χ1n) is 8.88. The average Bonchev–Trinajstić information content (AvgIpc) is 3.05. The Kier molecular flexibility index (Phi) is 6.82. The van der Waals surface area contributed by atoms with Crippen molar-refractivity contribution in [2.45, 2.75) is 18.5 Å². The summed E-state index contributed by atoms with van der Waals surface area (Å²) in [5, 5.41) is 20.8. The fourth-order valence-corrected chi connectivity index (χ4v) is 3.69. The minimum Gasteiger partial charge on any atom is -0.391 e. The van der Waals surface area contributed by atoms with Crippen LogP contribution in [-0.4, -0.2) is 45.3 Å². The van der Waals surface area contributed by atoms with Crippen molar-refractivity contribution in [3.05, 3.63) is 71.5 Å². The van der Waals surface area contributed by atoms with Gasteiger partial charge in [0.05, 0.1) is 25.4 Å². The van der Waals surface area contributed by atoms with Crippen molar-refractivity contribution >= 4 is 11.8 Å². The van der Waals surface area contributed by atoms with Gasteiger partial charge in [0.15, 0.2) is 5.16 Å². The molecule has 0 atom stereocenters. The molecule has 6 heteroatoms. The summed E-state index contributed by atoms with van der Waals surface area (Å²) in [6.45, 7) is 4.00. The zero-order valence-corrected chi connectivity index (χ0v) is 15.8. The van der Waals surface area contributed by atoms with Gasteiger partial charge in [-0.05, 0) is 30.2 Å². The summed E-state index contributed by atoms with van der Waals surface area (Å²) in [6, 6.07) is 18.8. The number of nitrogens with two attached hydrogens (primary N) is 1. The van der Waals surface area contributed by atoms with Crippen LogP contribution in [0.5, 0.6) is 0 Å². The summed E-state index contributed by atoms with van der Waals surface area (Å²) in [4.78, 5) is 0. The van der Waals surface area contributed by atoms with Crippen molar-refractivity contribution in [1.29, 1.82) is 0 Å². The first-order chi connectivity index (χ1) is 12.8. The number of aryl methyl sites for hydroxylation is 1. The molecule has 3 N–H and O–H groups in total. The number of hydrogen-bond donors (Lipinski definition) is 2. The number of rotatable bonds is 9. The third-order valence-electron chi connectivity index (χ3n) is 4.05. The smallest absolute Gasteiger partial charge is 0.196 e. The molecule has 0 spiro atoms. The van der Waals surface area contributed by atoms with Crippen LogP contribution in [0.15, 0.2) is 59.8 Å². The van der Waals surface area contributed by atoms with Gasteiger partial charge in [0.25, 0.3) is 0 Å². The molecule has 3 rings (SSSR count). The molecule has 0 radical (unpaired) electrons. The molecular formula is C20H25N4OS+. The Morgan fingerprint density at radius 1 is 1.04 bits per heavy atom. The highest BCUT2D eigenvalue weighted by Crippen LogP contribution is 2.23. The molecule has 3 aromatic rings. The molecule has 5 nitrogen and oxygen atoms in total. The van der Waals surface area contributed by atoms with E-state index in [9.17, 15) is 0 Å². The third kappa shape index (κ3) is 4.94. The maximum Gasteiger partial charge on any atom is 0.196 e. The second-order valence-electron chi connectivity index (χ2n) is 6.17. The van der Waals surface area contributed by atoms with Crippen molar-refractivity contribution in [2.24, 2.45) is 0 Å². The van der Waals surface area contributed by atoms with Crippen LogP contribution >= 0.6 is 11.8 Å². The highest BCUT2D eigenvalue weighted by Gasteiger charge is 2.15. The van der Waals surface area contributed by atoms with Gasteiger partial charge in [-0.1, -0.05) is 54.2 Å². The minimum atomic E-state index is 0.214. The Morgan fingerprint density at radius 3 is 2.65 bits per heavy atom. The molecule has 0 fully saturated rings. The van der Waals surface area contributed by atoms with E-state index < -0.39 is 0 Å². The lowest BCUT2D eigenvalue weighted by atomic mass is 10.1. The van der Waals surface area contributed by atoms with E-state index >= 15 is 0 Å². The molecule has 0 aliphatic carbocycles. The number of nitrogens with zero attached hydrogens (tertiary/aromatic N) is 3. The van der Waals surface area contributed by atoms with Crippen LogP contribution in [0, 0.1) is 6.92 Å². The Morgan fingerprint density at radius 2 is 1.88 bits per heavy atom. The summed E-state index contributed by atoms with van der Waals surface area (Å²) >= 11 is 1.71. The largest absolute Gasteiger partial charge is 0.391 e. The number of quaternary nitrogens is 1. The molecule has 0 bridgehead atoms. The van der Waals surface area contributed by atoms with Crippen LogP contribution in [-0.2, 0) is 6.42 Å². The van der Waals surface area contributed by atoms with Crippen LogP contribution in [0.25, 0.3) is 5.69 Å². The van der Waals surface area contributed by atoms with E-state index in [0.29, 0.717) is 0 Å². The fraction of sp³-hybridized carbons (Fsp3) is 0.300. The van der Waals surface area contributed by atoms with Gasteiger partial charge in [0.2, 0.25) is 0 Å². The van der Waals surface area contributed by atoms with Crippen LogP contribution in [0.3, 0.4) is 0 Å². The molecule has 0 amide bonds. The van der Waals surface area contributed by atoms with Crippen molar-refractivity contribution in [1.82, 2.24) is 14.8 Å². The van der Waals surface area contributed by atoms with E-state index in [1.165, 1.54) is 11.1 Å². The Balaban J connectivity index is 1.84. The Hall–Kier alpha value is -2.15. The van der Waals surface area contributed by atoms with E-state index in [1.54, 1.807) is 11.8 Å².